The van der Waals surface area contributed by atoms with Crippen molar-refractivity contribution in [3.63, 3.8) is 0 Å². The number of aromatic nitrogens is 3. The monoisotopic (exact) mass is 218 g/mol. The topological polar surface area (TPSA) is 44.8 Å². The highest BCUT2D eigenvalue weighted by Gasteiger charge is 2.10. The summed E-state index contributed by atoms with van der Waals surface area (Å²) >= 11 is 0. The van der Waals surface area contributed by atoms with Crippen molar-refractivity contribution >= 4 is 16.9 Å². The van der Waals surface area contributed by atoms with Crippen LogP contribution >= 0.6 is 0 Å². The molecule has 0 saturated heterocycles. The predicted molar refractivity (Wildman–Crippen MR) is 66.8 cm³/mol. The molecule has 0 aliphatic carbocycles. The van der Waals surface area contributed by atoms with Crippen LogP contribution in [0, 0.1) is 6.92 Å². The van der Waals surface area contributed by atoms with E-state index in [4.69, 9.17) is 0 Å². The summed E-state index contributed by atoms with van der Waals surface area (Å²) in [6.45, 7) is 5.16. The van der Waals surface area contributed by atoms with Crippen LogP contribution in [0.5, 0.6) is 0 Å². The van der Waals surface area contributed by atoms with Gasteiger partial charge in [-0.15, -0.1) is 0 Å². The standard InChI is InChI=1S/C12H18N4/c1-4-5-8-16(3)12-10-6-7-13-11(10)14-9(2)15-12/h6-7H,4-5,8H2,1-3H3,(H,13,14,15). The van der Waals surface area contributed by atoms with Gasteiger partial charge in [0.05, 0.1) is 5.39 Å². The third-order valence-electron chi connectivity index (χ3n) is 2.72. The number of anilines is 1. The van der Waals surface area contributed by atoms with Gasteiger partial charge in [0.15, 0.2) is 0 Å². The Kier molecular flexibility index (Phi) is 3.08. The summed E-state index contributed by atoms with van der Waals surface area (Å²) < 4.78 is 0. The minimum absolute atomic E-state index is 0.813. The molecule has 0 fully saturated rings. The van der Waals surface area contributed by atoms with E-state index in [0.717, 1.165) is 29.2 Å². The summed E-state index contributed by atoms with van der Waals surface area (Å²) in [7, 11) is 2.09. The molecule has 86 valence electrons. The van der Waals surface area contributed by atoms with Crippen LogP contribution in [-0.4, -0.2) is 28.5 Å². The Labute approximate surface area is 95.7 Å². The van der Waals surface area contributed by atoms with Gasteiger partial charge in [-0.05, 0) is 19.4 Å². The SMILES string of the molecule is CCCCN(C)c1nc(C)nc2[nH]ccc12. The molecule has 1 N–H and O–H groups in total. The molecule has 0 bridgehead atoms. The maximum atomic E-state index is 4.52. The van der Waals surface area contributed by atoms with Crippen LogP contribution in [-0.2, 0) is 0 Å². The van der Waals surface area contributed by atoms with Crippen LogP contribution in [0.15, 0.2) is 12.3 Å². The zero-order chi connectivity index (χ0) is 11.5. The van der Waals surface area contributed by atoms with Gasteiger partial charge >= 0.3 is 0 Å². The van der Waals surface area contributed by atoms with Gasteiger partial charge in [-0.3, -0.25) is 0 Å². The Morgan fingerprint density at radius 3 is 2.94 bits per heavy atom. The maximum absolute atomic E-state index is 4.52. The molecule has 0 aliphatic heterocycles. The number of nitrogens with one attached hydrogen (secondary N) is 1. The second-order valence-electron chi connectivity index (χ2n) is 4.11. The van der Waals surface area contributed by atoms with E-state index in [-0.39, 0.29) is 0 Å². The lowest BCUT2D eigenvalue weighted by atomic mass is 10.3. The van der Waals surface area contributed by atoms with E-state index >= 15 is 0 Å². The number of nitrogens with zero attached hydrogens (tertiary/aromatic N) is 3. The fourth-order valence-corrected chi connectivity index (χ4v) is 1.83. The molecule has 0 aliphatic rings. The molecule has 0 atom stereocenters. The van der Waals surface area contributed by atoms with E-state index in [9.17, 15) is 0 Å². The molecule has 0 radical (unpaired) electrons. The van der Waals surface area contributed by atoms with E-state index in [1.807, 2.05) is 19.2 Å². The number of unbranched alkanes of at least 4 members (excludes halogenated alkanes) is 1. The van der Waals surface area contributed by atoms with Crippen LogP contribution < -0.4 is 4.90 Å². The Hall–Kier alpha value is -1.58. The smallest absolute Gasteiger partial charge is 0.143 e. The van der Waals surface area contributed by atoms with Crippen molar-refractivity contribution in [1.82, 2.24) is 15.0 Å². The van der Waals surface area contributed by atoms with Crippen molar-refractivity contribution in [3.8, 4) is 0 Å². The van der Waals surface area contributed by atoms with Gasteiger partial charge in [0.1, 0.15) is 17.3 Å². The number of aryl methyl sites for hydroxylation is 1. The third-order valence-corrected chi connectivity index (χ3v) is 2.72. The van der Waals surface area contributed by atoms with E-state index in [2.05, 4.69) is 33.8 Å². The van der Waals surface area contributed by atoms with Gasteiger partial charge in [0.25, 0.3) is 0 Å². The number of H-pyrrole nitrogens is 1. The van der Waals surface area contributed by atoms with E-state index < -0.39 is 0 Å². The second kappa shape index (κ2) is 4.51. The van der Waals surface area contributed by atoms with Crippen molar-refractivity contribution < 1.29 is 0 Å². The first kappa shape index (κ1) is 10.9. The van der Waals surface area contributed by atoms with Crippen molar-refractivity contribution in [2.24, 2.45) is 0 Å². The molecule has 0 saturated carbocycles. The van der Waals surface area contributed by atoms with Crippen LogP contribution in [0.1, 0.15) is 25.6 Å². The molecule has 2 heterocycles. The number of hydrogen-bond acceptors (Lipinski definition) is 3. The number of aromatic amines is 1. The van der Waals surface area contributed by atoms with Crippen LogP contribution in [0.25, 0.3) is 11.0 Å². The summed E-state index contributed by atoms with van der Waals surface area (Å²) in [5, 5.41) is 1.10. The molecule has 0 aromatic carbocycles. The zero-order valence-electron chi connectivity index (χ0n) is 10.1. The normalized spacial score (nSPS) is 10.9. The molecule has 0 spiro atoms. The average molecular weight is 218 g/mol. The summed E-state index contributed by atoms with van der Waals surface area (Å²) in [5.74, 6) is 1.84. The largest absolute Gasteiger partial charge is 0.359 e. The molecule has 2 rings (SSSR count). The Bertz CT molecular complexity index is 475. The Morgan fingerprint density at radius 2 is 2.19 bits per heavy atom. The van der Waals surface area contributed by atoms with Crippen molar-refractivity contribution in [1.29, 1.82) is 0 Å². The summed E-state index contributed by atoms with van der Waals surface area (Å²) in [6, 6.07) is 2.03. The van der Waals surface area contributed by atoms with Crippen LogP contribution in [0.4, 0.5) is 5.82 Å². The number of hydrogen-bond donors (Lipinski definition) is 1. The Balaban J connectivity index is 2.38. The first-order valence-electron chi connectivity index (χ1n) is 5.75. The number of rotatable bonds is 4. The van der Waals surface area contributed by atoms with Gasteiger partial charge < -0.3 is 9.88 Å². The second-order valence-corrected chi connectivity index (χ2v) is 4.11. The van der Waals surface area contributed by atoms with E-state index in [0.29, 0.717) is 0 Å². The fourth-order valence-electron chi connectivity index (χ4n) is 1.83. The van der Waals surface area contributed by atoms with Gasteiger partial charge in [-0.1, -0.05) is 13.3 Å². The Morgan fingerprint density at radius 1 is 1.38 bits per heavy atom. The lowest BCUT2D eigenvalue weighted by Gasteiger charge is -2.18. The highest BCUT2D eigenvalue weighted by atomic mass is 15.2. The quantitative estimate of drug-likeness (QED) is 0.857. The van der Waals surface area contributed by atoms with Gasteiger partial charge in [0.2, 0.25) is 0 Å². The van der Waals surface area contributed by atoms with Crippen LogP contribution in [0.2, 0.25) is 0 Å². The van der Waals surface area contributed by atoms with Crippen molar-refractivity contribution in [3.05, 3.63) is 18.1 Å². The molecule has 2 aromatic heterocycles. The summed E-state index contributed by atoms with van der Waals surface area (Å²) in [6.07, 6.45) is 4.30. The lowest BCUT2D eigenvalue weighted by Crippen LogP contribution is -2.20. The predicted octanol–water partition coefficient (Wildman–Crippen LogP) is 2.50. The van der Waals surface area contributed by atoms with Crippen molar-refractivity contribution in [2.75, 3.05) is 18.5 Å². The summed E-state index contributed by atoms with van der Waals surface area (Å²) in [4.78, 5) is 14.2. The molecule has 0 amide bonds. The highest BCUT2D eigenvalue weighted by molar-refractivity contribution is 5.87. The van der Waals surface area contributed by atoms with Crippen LogP contribution in [0.3, 0.4) is 0 Å². The third kappa shape index (κ3) is 2.01. The molecule has 4 nitrogen and oxygen atoms in total. The van der Waals surface area contributed by atoms with Gasteiger partial charge in [0, 0.05) is 19.8 Å². The minimum atomic E-state index is 0.813. The molecule has 16 heavy (non-hydrogen) atoms. The molecule has 2 aromatic rings. The first-order chi connectivity index (χ1) is 7.72. The molecular weight excluding hydrogens is 200 g/mol. The van der Waals surface area contributed by atoms with Gasteiger partial charge in [-0.2, -0.15) is 0 Å². The van der Waals surface area contributed by atoms with Crippen molar-refractivity contribution in [2.45, 2.75) is 26.7 Å². The summed E-state index contributed by atoms with van der Waals surface area (Å²) in [5.41, 5.74) is 0.922. The van der Waals surface area contributed by atoms with Gasteiger partial charge in [-0.25, -0.2) is 9.97 Å². The average Bonchev–Trinajstić information content (AvgIpc) is 2.72. The number of fused-ring (bicyclic) bond motifs is 1. The fraction of sp³-hybridized carbons (Fsp3) is 0.500. The van der Waals surface area contributed by atoms with E-state index in [1.165, 1.54) is 12.8 Å². The van der Waals surface area contributed by atoms with E-state index in [1.54, 1.807) is 0 Å². The maximum Gasteiger partial charge on any atom is 0.143 e. The molecular formula is C12H18N4. The highest BCUT2D eigenvalue weighted by Crippen LogP contribution is 2.22. The minimum Gasteiger partial charge on any atom is -0.359 e. The lowest BCUT2D eigenvalue weighted by molar-refractivity contribution is 0.759. The molecule has 0 unspecified atom stereocenters. The zero-order valence-corrected chi connectivity index (χ0v) is 10.1. The molecule has 4 heteroatoms. The first-order valence-corrected chi connectivity index (χ1v) is 5.75.